The molecule has 0 bridgehead atoms. The summed E-state index contributed by atoms with van der Waals surface area (Å²) in [6.07, 6.45) is 3.75. The number of aromatic nitrogens is 1. The molecular formula is C12H14Br2N2OS. The van der Waals surface area contributed by atoms with Crippen molar-refractivity contribution in [3.8, 4) is 11.3 Å². The van der Waals surface area contributed by atoms with Gasteiger partial charge in [0.15, 0.2) is 11.7 Å². The molecule has 98 valence electrons. The van der Waals surface area contributed by atoms with Gasteiger partial charge in [0.1, 0.15) is 0 Å². The van der Waals surface area contributed by atoms with Gasteiger partial charge in [0.25, 0.3) is 0 Å². The van der Waals surface area contributed by atoms with Crippen LogP contribution in [-0.2, 0) is 6.42 Å². The van der Waals surface area contributed by atoms with E-state index in [0.29, 0.717) is 0 Å². The molecule has 3 nitrogen and oxygen atoms in total. The lowest BCUT2D eigenvalue weighted by Gasteiger charge is -1.99. The fraction of sp³-hybridized carbons (Fsp3) is 0.417. The van der Waals surface area contributed by atoms with Gasteiger partial charge in [0.05, 0.1) is 13.8 Å². The third-order valence-electron chi connectivity index (χ3n) is 2.42. The van der Waals surface area contributed by atoms with Crippen LogP contribution in [0.15, 0.2) is 24.3 Å². The molecule has 0 fully saturated rings. The van der Waals surface area contributed by atoms with E-state index in [4.69, 9.17) is 4.42 Å². The van der Waals surface area contributed by atoms with Crippen LogP contribution in [0.4, 0.5) is 0 Å². The summed E-state index contributed by atoms with van der Waals surface area (Å²) in [6.45, 7) is 4.10. The lowest BCUT2D eigenvalue weighted by Crippen LogP contribution is -2.17. The van der Waals surface area contributed by atoms with E-state index in [2.05, 4.69) is 49.1 Å². The van der Waals surface area contributed by atoms with Crippen molar-refractivity contribution in [3.63, 3.8) is 0 Å². The van der Waals surface area contributed by atoms with Crippen LogP contribution in [0.25, 0.3) is 11.3 Å². The Kier molecular flexibility index (Phi) is 5.41. The second-order valence-corrected chi connectivity index (χ2v) is 7.61. The van der Waals surface area contributed by atoms with Gasteiger partial charge in [-0.15, -0.1) is 11.3 Å². The van der Waals surface area contributed by atoms with Crippen molar-refractivity contribution in [1.82, 2.24) is 10.3 Å². The number of halogens is 2. The Morgan fingerprint density at radius 1 is 1.39 bits per heavy atom. The van der Waals surface area contributed by atoms with Gasteiger partial charge in [-0.3, -0.25) is 0 Å². The minimum atomic E-state index is 0.780. The summed E-state index contributed by atoms with van der Waals surface area (Å²) in [5, 5.41) is 3.33. The van der Waals surface area contributed by atoms with E-state index in [1.807, 2.05) is 6.07 Å². The quantitative estimate of drug-likeness (QED) is 0.735. The topological polar surface area (TPSA) is 38.1 Å². The maximum absolute atomic E-state index is 5.75. The smallest absolute Gasteiger partial charge is 0.196 e. The molecule has 0 amide bonds. The molecule has 0 saturated heterocycles. The summed E-state index contributed by atoms with van der Waals surface area (Å²) in [6, 6.07) is 2.04. The standard InChI is InChI=1S/C12H14Br2N2OS/c1-2-4-15-5-3-11-16-7-9(17-11)8-6-10(13)18-12(8)14/h6-7,15H,2-5H2,1H3. The Morgan fingerprint density at radius 2 is 2.22 bits per heavy atom. The van der Waals surface area contributed by atoms with E-state index in [-0.39, 0.29) is 0 Å². The Morgan fingerprint density at radius 3 is 2.89 bits per heavy atom. The SMILES string of the molecule is CCCNCCc1ncc(-c2cc(Br)sc2Br)o1. The van der Waals surface area contributed by atoms with E-state index in [0.717, 1.165) is 50.7 Å². The highest BCUT2D eigenvalue weighted by Gasteiger charge is 2.12. The Hall–Kier alpha value is -0.170. The summed E-state index contributed by atoms with van der Waals surface area (Å²) >= 11 is 8.62. The molecule has 18 heavy (non-hydrogen) atoms. The summed E-state index contributed by atoms with van der Waals surface area (Å²) in [5.41, 5.74) is 1.05. The largest absolute Gasteiger partial charge is 0.441 e. The van der Waals surface area contributed by atoms with Gasteiger partial charge in [0, 0.05) is 18.5 Å². The first-order valence-corrected chi connectivity index (χ1v) is 8.21. The predicted molar refractivity (Wildman–Crippen MR) is 82.1 cm³/mol. The highest BCUT2D eigenvalue weighted by molar-refractivity contribution is 9.12. The normalized spacial score (nSPS) is 11.1. The lowest BCUT2D eigenvalue weighted by molar-refractivity contribution is 0.495. The van der Waals surface area contributed by atoms with E-state index < -0.39 is 0 Å². The zero-order chi connectivity index (χ0) is 13.0. The van der Waals surface area contributed by atoms with E-state index in [1.54, 1.807) is 17.5 Å². The zero-order valence-electron chi connectivity index (χ0n) is 10.0. The van der Waals surface area contributed by atoms with Crippen molar-refractivity contribution < 1.29 is 4.42 Å². The summed E-state index contributed by atoms with van der Waals surface area (Å²) in [7, 11) is 0. The second kappa shape index (κ2) is 6.84. The van der Waals surface area contributed by atoms with Crippen molar-refractivity contribution in [2.45, 2.75) is 19.8 Å². The van der Waals surface area contributed by atoms with E-state index in [9.17, 15) is 0 Å². The van der Waals surface area contributed by atoms with Gasteiger partial charge in [-0.05, 0) is 50.9 Å². The minimum Gasteiger partial charge on any atom is -0.441 e. The van der Waals surface area contributed by atoms with Crippen LogP contribution in [0.3, 0.4) is 0 Å². The number of nitrogens with zero attached hydrogens (tertiary/aromatic N) is 1. The molecule has 0 aliphatic rings. The number of thiophene rings is 1. The van der Waals surface area contributed by atoms with Crippen LogP contribution in [-0.4, -0.2) is 18.1 Å². The minimum absolute atomic E-state index is 0.780. The lowest BCUT2D eigenvalue weighted by atomic mass is 10.3. The van der Waals surface area contributed by atoms with E-state index in [1.165, 1.54) is 0 Å². The fourth-order valence-corrected chi connectivity index (χ4v) is 4.37. The van der Waals surface area contributed by atoms with Crippen LogP contribution in [0.1, 0.15) is 19.2 Å². The Labute approximate surface area is 127 Å². The maximum atomic E-state index is 5.75. The average Bonchev–Trinajstić information content (AvgIpc) is 2.91. The number of oxazole rings is 1. The third-order valence-corrected chi connectivity index (χ3v) is 4.76. The van der Waals surface area contributed by atoms with Gasteiger partial charge >= 0.3 is 0 Å². The highest BCUT2D eigenvalue weighted by Crippen LogP contribution is 2.38. The molecule has 2 heterocycles. The molecule has 2 aromatic rings. The Balaban J connectivity index is 1.99. The first kappa shape index (κ1) is 14.2. The zero-order valence-corrected chi connectivity index (χ0v) is 14.0. The molecule has 0 atom stereocenters. The molecule has 6 heteroatoms. The van der Waals surface area contributed by atoms with Crippen molar-refractivity contribution in [2.24, 2.45) is 0 Å². The number of hydrogen-bond acceptors (Lipinski definition) is 4. The van der Waals surface area contributed by atoms with Gasteiger partial charge in [-0.25, -0.2) is 4.98 Å². The molecular weight excluding hydrogens is 380 g/mol. The van der Waals surface area contributed by atoms with E-state index >= 15 is 0 Å². The van der Waals surface area contributed by atoms with Crippen LogP contribution in [0, 0.1) is 0 Å². The molecule has 0 radical (unpaired) electrons. The predicted octanol–water partition coefficient (Wildman–Crippen LogP) is 4.47. The molecule has 2 rings (SSSR count). The Bertz CT molecular complexity index is 510. The highest BCUT2D eigenvalue weighted by atomic mass is 79.9. The van der Waals surface area contributed by atoms with Crippen molar-refractivity contribution in [2.75, 3.05) is 13.1 Å². The second-order valence-electron chi connectivity index (χ2n) is 3.86. The van der Waals surface area contributed by atoms with Gasteiger partial charge in [-0.1, -0.05) is 6.92 Å². The maximum Gasteiger partial charge on any atom is 0.196 e. The molecule has 1 N–H and O–H groups in total. The summed E-state index contributed by atoms with van der Waals surface area (Å²) in [4.78, 5) is 4.30. The van der Waals surface area contributed by atoms with Crippen molar-refractivity contribution >= 4 is 43.2 Å². The molecule has 0 unspecified atom stereocenters. The van der Waals surface area contributed by atoms with Crippen LogP contribution < -0.4 is 5.32 Å². The molecule has 0 aliphatic heterocycles. The molecule has 2 aromatic heterocycles. The average molecular weight is 394 g/mol. The van der Waals surface area contributed by atoms with Crippen LogP contribution in [0.5, 0.6) is 0 Å². The first-order valence-electron chi connectivity index (χ1n) is 5.81. The third kappa shape index (κ3) is 3.66. The van der Waals surface area contributed by atoms with Gasteiger partial charge in [0.2, 0.25) is 0 Å². The van der Waals surface area contributed by atoms with Crippen LogP contribution >= 0.6 is 43.2 Å². The fourth-order valence-electron chi connectivity index (χ4n) is 1.56. The number of hydrogen-bond donors (Lipinski definition) is 1. The van der Waals surface area contributed by atoms with Crippen molar-refractivity contribution in [1.29, 1.82) is 0 Å². The molecule has 0 aliphatic carbocycles. The monoisotopic (exact) mass is 392 g/mol. The number of nitrogens with one attached hydrogen (secondary N) is 1. The van der Waals surface area contributed by atoms with Gasteiger partial charge in [-0.2, -0.15) is 0 Å². The summed E-state index contributed by atoms with van der Waals surface area (Å²) in [5.74, 6) is 1.59. The molecule has 0 aromatic carbocycles. The molecule has 0 saturated carbocycles. The van der Waals surface area contributed by atoms with Gasteiger partial charge < -0.3 is 9.73 Å². The number of rotatable bonds is 6. The molecule has 0 spiro atoms. The van der Waals surface area contributed by atoms with Crippen molar-refractivity contribution in [3.05, 3.63) is 25.7 Å². The first-order chi connectivity index (χ1) is 8.70. The van der Waals surface area contributed by atoms with Crippen LogP contribution in [0.2, 0.25) is 0 Å². The summed E-state index contributed by atoms with van der Waals surface area (Å²) < 4.78 is 7.88.